The van der Waals surface area contributed by atoms with Gasteiger partial charge < -0.3 is 14.6 Å². The summed E-state index contributed by atoms with van der Waals surface area (Å²) in [6.45, 7) is 6.87. The Morgan fingerprint density at radius 2 is 1.82 bits per heavy atom. The fourth-order valence-corrected chi connectivity index (χ4v) is 1.46. The van der Waals surface area contributed by atoms with Gasteiger partial charge in [0.2, 0.25) is 0 Å². The number of hydrogen-bond acceptors (Lipinski definition) is 3. The van der Waals surface area contributed by atoms with Crippen LogP contribution >= 0.6 is 0 Å². The van der Waals surface area contributed by atoms with Crippen LogP contribution in [-0.2, 0) is 10.2 Å². The number of rotatable bonds is 5. The lowest BCUT2D eigenvalue weighted by Gasteiger charge is -2.19. The summed E-state index contributed by atoms with van der Waals surface area (Å²) in [5.74, 6) is -0.256. The number of benzene rings is 1. The van der Waals surface area contributed by atoms with Crippen LogP contribution in [0.25, 0.3) is 0 Å². The minimum atomic E-state index is -1.03. The molecule has 0 bridgehead atoms. The van der Waals surface area contributed by atoms with Crippen molar-refractivity contribution in [3.05, 3.63) is 29.8 Å². The highest BCUT2D eigenvalue weighted by atomic mass is 16.5. The first kappa shape index (κ1) is 13.6. The van der Waals surface area contributed by atoms with Gasteiger partial charge in [-0.05, 0) is 36.0 Å². The van der Waals surface area contributed by atoms with Gasteiger partial charge in [-0.15, -0.1) is 0 Å². The highest BCUT2D eigenvalue weighted by molar-refractivity contribution is 5.64. The van der Waals surface area contributed by atoms with Gasteiger partial charge in [0.25, 0.3) is 0 Å². The monoisotopic (exact) mass is 235 g/mol. The van der Waals surface area contributed by atoms with Crippen LogP contribution in [0.4, 0.5) is 0 Å². The maximum atomic E-state index is 10.2. The summed E-state index contributed by atoms with van der Waals surface area (Å²) < 4.78 is 5.43. The standard InChI is InChI=1S/C14H20O3/c1-14(2,3)11-6-8-12(9-7-11)17-10-4-5-13(15)16/h6-9H,4-5,10H2,1-3H3,(H,15,16)/p-1. The number of ether oxygens (including phenoxy) is 1. The van der Waals surface area contributed by atoms with E-state index in [-0.39, 0.29) is 11.8 Å². The van der Waals surface area contributed by atoms with Crippen LogP contribution in [0.5, 0.6) is 5.75 Å². The SMILES string of the molecule is CC(C)(C)c1ccc(OCCCC(=O)[O-])cc1. The molecule has 1 aromatic rings. The van der Waals surface area contributed by atoms with Crippen LogP contribution in [0.15, 0.2) is 24.3 Å². The average Bonchev–Trinajstić information content (AvgIpc) is 2.23. The Kier molecular flexibility index (Phi) is 4.55. The smallest absolute Gasteiger partial charge is 0.119 e. The van der Waals surface area contributed by atoms with E-state index in [2.05, 4.69) is 20.8 Å². The molecular formula is C14H19O3-. The molecule has 0 aliphatic rings. The van der Waals surface area contributed by atoms with Crippen molar-refractivity contribution in [2.75, 3.05) is 6.61 Å². The van der Waals surface area contributed by atoms with Gasteiger partial charge in [0.1, 0.15) is 5.75 Å². The molecule has 0 atom stereocenters. The van der Waals surface area contributed by atoms with Crippen molar-refractivity contribution < 1.29 is 14.6 Å². The van der Waals surface area contributed by atoms with E-state index in [0.717, 1.165) is 5.75 Å². The maximum Gasteiger partial charge on any atom is 0.119 e. The summed E-state index contributed by atoms with van der Waals surface area (Å²) >= 11 is 0. The van der Waals surface area contributed by atoms with E-state index >= 15 is 0 Å². The fourth-order valence-electron chi connectivity index (χ4n) is 1.46. The molecule has 0 saturated carbocycles. The highest BCUT2D eigenvalue weighted by Gasteiger charge is 2.12. The van der Waals surface area contributed by atoms with Crippen molar-refractivity contribution in [1.82, 2.24) is 0 Å². The molecule has 3 nitrogen and oxygen atoms in total. The summed E-state index contributed by atoms with van der Waals surface area (Å²) in [5, 5.41) is 10.2. The molecule has 0 aliphatic carbocycles. The van der Waals surface area contributed by atoms with Crippen LogP contribution in [0.1, 0.15) is 39.2 Å². The van der Waals surface area contributed by atoms with Crippen molar-refractivity contribution in [2.24, 2.45) is 0 Å². The first-order valence-corrected chi connectivity index (χ1v) is 5.83. The largest absolute Gasteiger partial charge is 0.550 e. The van der Waals surface area contributed by atoms with Crippen molar-refractivity contribution in [3.63, 3.8) is 0 Å². The summed E-state index contributed by atoms with van der Waals surface area (Å²) in [4.78, 5) is 10.2. The van der Waals surface area contributed by atoms with E-state index in [9.17, 15) is 9.90 Å². The van der Waals surface area contributed by atoms with E-state index in [0.29, 0.717) is 13.0 Å². The Morgan fingerprint density at radius 3 is 2.29 bits per heavy atom. The Morgan fingerprint density at radius 1 is 1.24 bits per heavy atom. The predicted molar refractivity (Wildman–Crippen MR) is 64.9 cm³/mol. The van der Waals surface area contributed by atoms with Crippen LogP contribution in [0, 0.1) is 0 Å². The molecule has 0 fully saturated rings. The lowest BCUT2D eigenvalue weighted by Crippen LogP contribution is -2.22. The number of carboxylic acid groups (broad SMARTS) is 1. The van der Waals surface area contributed by atoms with Crippen molar-refractivity contribution in [1.29, 1.82) is 0 Å². The second-order valence-corrected chi connectivity index (χ2v) is 5.10. The maximum absolute atomic E-state index is 10.2. The van der Waals surface area contributed by atoms with Gasteiger partial charge in [-0.1, -0.05) is 32.9 Å². The second kappa shape index (κ2) is 5.71. The Labute approximate surface area is 102 Å². The number of carbonyl (C=O) groups is 1. The molecule has 0 heterocycles. The highest BCUT2D eigenvalue weighted by Crippen LogP contribution is 2.24. The van der Waals surface area contributed by atoms with Crippen molar-refractivity contribution >= 4 is 5.97 Å². The van der Waals surface area contributed by atoms with Gasteiger partial charge in [-0.3, -0.25) is 0 Å². The molecule has 0 spiro atoms. The Hall–Kier alpha value is -1.51. The van der Waals surface area contributed by atoms with Crippen LogP contribution < -0.4 is 9.84 Å². The Bertz CT molecular complexity index is 360. The minimum absolute atomic E-state index is 0.0417. The van der Waals surface area contributed by atoms with Gasteiger partial charge in [-0.25, -0.2) is 0 Å². The quantitative estimate of drug-likeness (QED) is 0.732. The second-order valence-electron chi connectivity index (χ2n) is 5.10. The molecule has 0 N–H and O–H groups in total. The molecular weight excluding hydrogens is 216 g/mol. The van der Waals surface area contributed by atoms with E-state index in [1.165, 1.54) is 5.56 Å². The molecule has 17 heavy (non-hydrogen) atoms. The van der Waals surface area contributed by atoms with E-state index in [1.54, 1.807) is 0 Å². The average molecular weight is 235 g/mol. The third-order valence-electron chi connectivity index (χ3n) is 2.51. The predicted octanol–water partition coefficient (Wildman–Crippen LogP) is 1.89. The molecule has 0 amide bonds. The Balaban J connectivity index is 2.43. The van der Waals surface area contributed by atoms with Gasteiger partial charge in [0, 0.05) is 5.97 Å². The summed E-state index contributed by atoms with van der Waals surface area (Å²) in [5.41, 5.74) is 1.38. The molecule has 0 aliphatic heterocycles. The van der Waals surface area contributed by atoms with Crippen LogP contribution in [0.2, 0.25) is 0 Å². The molecule has 1 rings (SSSR count). The summed E-state index contributed by atoms with van der Waals surface area (Å²) in [6, 6.07) is 7.90. The third kappa shape index (κ3) is 4.89. The van der Waals surface area contributed by atoms with E-state index in [1.807, 2.05) is 24.3 Å². The molecule has 1 aromatic carbocycles. The van der Waals surface area contributed by atoms with Crippen molar-refractivity contribution in [3.8, 4) is 5.75 Å². The molecule has 0 unspecified atom stereocenters. The van der Waals surface area contributed by atoms with E-state index < -0.39 is 5.97 Å². The zero-order valence-electron chi connectivity index (χ0n) is 10.7. The zero-order chi connectivity index (χ0) is 12.9. The fraction of sp³-hybridized carbons (Fsp3) is 0.500. The van der Waals surface area contributed by atoms with Crippen molar-refractivity contribution in [2.45, 2.75) is 39.0 Å². The molecule has 94 valence electrons. The van der Waals surface area contributed by atoms with Gasteiger partial charge in [0.15, 0.2) is 0 Å². The lowest BCUT2D eigenvalue weighted by atomic mass is 9.87. The molecule has 0 saturated heterocycles. The summed E-state index contributed by atoms with van der Waals surface area (Å²) in [7, 11) is 0. The first-order valence-electron chi connectivity index (χ1n) is 5.83. The number of carboxylic acids is 1. The third-order valence-corrected chi connectivity index (χ3v) is 2.51. The lowest BCUT2D eigenvalue weighted by molar-refractivity contribution is -0.305. The van der Waals surface area contributed by atoms with Gasteiger partial charge in [0.05, 0.1) is 6.61 Å². The molecule has 3 heteroatoms. The number of carbonyl (C=O) groups excluding carboxylic acids is 1. The van der Waals surface area contributed by atoms with Crippen LogP contribution in [0.3, 0.4) is 0 Å². The van der Waals surface area contributed by atoms with Crippen LogP contribution in [-0.4, -0.2) is 12.6 Å². The normalized spacial score (nSPS) is 11.2. The topological polar surface area (TPSA) is 49.4 Å². The van der Waals surface area contributed by atoms with E-state index in [4.69, 9.17) is 4.74 Å². The van der Waals surface area contributed by atoms with Gasteiger partial charge in [-0.2, -0.15) is 0 Å². The molecule has 0 aromatic heterocycles. The number of aliphatic carboxylic acids is 1. The number of hydrogen-bond donors (Lipinski definition) is 0. The first-order chi connectivity index (χ1) is 7.89. The zero-order valence-corrected chi connectivity index (χ0v) is 10.7. The minimum Gasteiger partial charge on any atom is -0.550 e. The summed E-state index contributed by atoms with van der Waals surface area (Å²) in [6.07, 6.45) is 0.517. The molecule has 0 radical (unpaired) electrons. The van der Waals surface area contributed by atoms with Gasteiger partial charge >= 0.3 is 0 Å².